The molecule has 4 rings (SSSR count). The van der Waals surface area contributed by atoms with E-state index in [0.29, 0.717) is 37.2 Å². The summed E-state index contributed by atoms with van der Waals surface area (Å²) in [5, 5.41) is 0. The fourth-order valence-electron chi connectivity index (χ4n) is 4.55. The molecule has 0 spiro atoms. The first-order chi connectivity index (χ1) is 17.6. The molecular formula is C30H31NO5. The molecule has 0 bridgehead atoms. The fourth-order valence-corrected chi connectivity index (χ4v) is 4.55. The van der Waals surface area contributed by atoms with Gasteiger partial charge in [-0.25, -0.2) is 9.69 Å². The van der Waals surface area contributed by atoms with Crippen molar-refractivity contribution in [3.63, 3.8) is 0 Å². The van der Waals surface area contributed by atoms with Gasteiger partial charge in [-0.05, 0) is 54.5 Å². The zero-order valence-electron chi connectivity index (χ0n) is 20.5. The minimum atomic E-state index is -0.601. The van der Waals surface area contributed by atoms with Crippen LogP contribution in [-0.4, -0.2) is 42.4 Å². The van der Waals surface area contributed by atoms with Gasteiger partial charge in [0.05, 0.1) is 18.2 Å². The molecule has 0 unspecified atom stereocenters. The molecule has 2 atom stereocenters. The zero-order valence-corrected chi connectivity index (χ0v) is 20.5. The van der Waals surface area contributed by atoms with Gasteiger partial charge < -0.3 is 9.47 Å². The molecule has 3 aromatic carbocycles. The van der Waals surface area contributed by atoms with E-state index in [4.69, 9.17) is 9.47 Å². The highest BCUT2D eigenvalue weighted by Gasteiger charge is 2.40. The van der Waals surface area contributed by atoms with Crippen LogP contribution in [0, 0.1) is 5.92 Å². The maximum Gasteiger partial charge on any atom is 0.416 e. The number of ether oxygens (including phenoxy) is 2. The second-order valence-corrected chi connectivity index (χ2v) is 9.06. The lowest BCUT2D eigenvalue weighted by molar-refractivity contribution is -0.133. The van der Waals surface area contributed by atoms with Crippen LogP contribution < -0.4 is 4.74 Å². The normalized spacial score (nSPS) is 15.9. The van der Waals surface area contributed by atoms with E-state index in [9.17, 15) is 14.4 Å². The molecule has 0 radical (unpaired) electrons. The maximum absolute atomic E-state index is 13.9. The van der Waals surface area contributed by atoms with Gasteiger partial charge in [-0.15, -0.1) is 0 Å². The first-order valence-electron chi connectivity index (χ1n) is 12.4. The van der Waals surface area contributed by atoms with E-state index in [2.05, 4.69) is 0 Å². The molecule has 1 saturated heterocycles. The van der Waals surface area contributed by atoms with E-state index < -0.39 is 12.0 Å². The lowest BCUT2D eigenvalue weighted by Gasteiger charge is -2.25. The van der Waals surface area contributed by atoms with E-state index in [1.807, 2.05) is 73.7 Å². The monoisotopic (exact) mass is 485 g/mol. The minimum Gasteiger partial charge on any atom is -0.493 e. The Bertz CT molecular complexity index is 1180. The smallest absolute Gasteiger partial charge is 0.416 e. The average Bonchev–Trinajstić information content (AvgIpc) is 3.27. The highest BCUT2D eigenvalue weighted by molar-refractivity contribution is 5.95. The summed E-state index contributed by atoms with van der Waals surface area (Å²) in [6, 6.07) is 24.6. The van der Waals surface area contributed by atoms with Gasteiger partial charge in [0.15, 0.2) is 6.29 Å². The molecule has 0 aromatic heterocycles. The van der Waals surface area contributed by atoms with Crippen molar-refractivity contribution in [1.82, 2.24) is 4.90 Å². The minimum absolute atomic E-state index is 0.177. The number of imide groups is 1. The third-order valence-corrected chi connectivity index (χ3v) is 6.33. The van der Waals surface area contributed by atoms with Gasteiger partial charge in [0.2, 0.25) is 5.91 Å². The summed E-state index contributed by atoms with van der Waals surface area (Å²) in [5.74, 6) is -0.230. The number of rotatable bonds is 11. The number of cyclic esters (lactones) is 1. The Labute approximate surface area is 211 Å². The summed E-state index contributed by atoms with van der Waals surface area (Å²) in [4.78, 5) is 39.5. The molecule has 36 heavy (non-hydrogen) atoms. The van der Waals surface area contributed by atoms with Crippen molar-refractivity contribution in [1.29, 1.82) is 0 Å². The van der Waals surface area contributed by atoms with Crippen molar-refractivity contribution in [3.8, 4) is 5.75 Å². The Morgan fingerprint density at radius 2 is 1.67 bits per heavy atom. The number of aldehydes is 1. The van der Waals surface area contributed by atoms with Crippen molar-refractivity contribution < 1.29 is 23.9 Å². The summed E-state index contributed by atoms with van der Waals surface area (Å²) in [6.07, 6.45) is 2.39. The second-order valence-electron chi connectivity index (χ2n) is 9.06. The Morgan fingerprint density at radius 1 is 1.00 bits per heavy atom. The number of nitrogens with zero attached hydrogens (tertiary/aromatic N) is 1. The number of benzene rings is 3. The molecule has 6 nitrogen and oxygen atoms in total. The molecule has 0 saturated carbocycles. The van der Waals surface area contributed by atoms with E-state index in [-0.39, 0.29) is 18.6 Å². The molecule has 1 heterocycles. The van der Waals surface area contributed by atoms with Crippen LogP contribution in [0.5, 0.6) is 5.75 Å². The molecule has 2 amide bonds. The molecule has 6 heteroatoms. The first-order valence-corrected chi connectivity index (χ1v) is 12.4. The van der Waals surface area contributed by atoms with Crippen molar-refractivity contribution in [2.24, 2.45) is 5.92 Å². The third-order valence-electron chi connectivity index (χ3n) is 6.33. The van der Waals surface area contributed by atoms with E-state index in [0.717, 1.165) is 29.4 Å². The topological polar surface area (TPSA) is 72.9 Å². The average molecular weight is 486 g/mol. The zero-order chi connectivity index (χ0) is 25.3. The lowest BCUT2D eigenvalue weighted by Crippen LogP contribution is -2.44. The molecule has 0 N–H and O–H groups in total. The summed E-state index contributed by atoms with van der Waals surface area (Å²) < 4.78 is 11.0. The summed E-state index contributed by atoms with van der Waals surface area (Å²) in [7, 11) is 0. The fraction of sp³-hybridized carbons (Fsp3) is 0.300. The van der Waals surface area contributed by atoms with Crippen LogP contribution in [0.3, 0.4) is 0 Å². The number of amides is 2. The Balaban J connectivity index is 1.59. The summed E-state index contributed by atoms with van der Waals surface area (Å²) in [6.45, 7) is 2.70. The highest BCUT2D eigenvalue weighted by atomic mass is 16.6. The number of hydrogen-bond acceptors (Lipinski definition) is 5. The summed E-state index contributed by atoms with van der Waals surface area (Å²) >= 11 is 0. The quantitative estimate of drug-likeness (QED) is 0.346. The standard InChI is InChI=1S/C30H31NO5/c1-2-15-35-28-14-13-24(18-26(28)20-32)17-25(16-22-9-5-3-6-10-22)29(33)31-27(21-36-30(31)34)19-23-11-7-4-8-12-23/h3-14,18,20,25,27H,2,15-17,19,21H2,1H3/t25-,27+/m1/s1. The van der Waals surface area contributed by atoms with Crippen LogP contribution in [-0.2, 0) is 28.8 Å². The Morgan fingerprint density at radius 3 is 2.33 bits per heavy atom. The van der Waals surface area contributed by atoms with Crippen molar-refractivity contribution in [2.45, 2.75) is 38.6 Å². The van der Waals surface area contributed by atoms with Gasteiger partial charge in [0, 0.05) is 5.92 Å². The van der Waals surface area contributed by atoms with Gasteiger partial charge >= 0.3 is 6.09 Å². The van der Waals surface area contributed by atoms with Gasteiger partial charge in [-0.3, -0.25) is 9.59 Å². The van der Waals surface area contributed by atoms with Crippen molar-refractivity contribution >= 4 is 18.3 Å². The van der Waals surface area contributed by atoms with Crippen LogP contribution in [0.25, 0.3) is 0 Å². The number of carbonyl (C=O) groups excluding carboxylic acids is 3. The predicted molar refractivity (Wildman–Crippen MR) is 137 cm³/mol. The third kappa shape index (κ3) is 6.19. The van der Waals surface area contributed by atoms with Crippen molar-refractivity contribution in [2.75, 3.05) is 13.2 Å². The maximum atomic E-state index is 13.9. The van der Waals surface area contributed by atoms with Crippen LogP contribution in [0.1, 0.15) is 40.4 Å². The van der Waals surface area contributed by atoms with Gasteiger partial charge in [0.25, 0.3) is 0 Å². The van der Waals surface area contributed by atoms with Gasteiger partial charge in [-0.2, -0.15) is 0 Å². The molecule has 3 aromatic rings. The lowest BCUT2D eigenvalue weighted by atomic mass is 9.90. The SMILES string of the molecule is CCCOc1ccc(C[C@@H](Cc2ccccc2)C(=O)N2C(=O)OC[C@@H]2Cc2ccccc2)cc1C=O. The van der Waals surface area contributed by atoms with Gasteiger partial charge in [-0.1, -0.05) is 73.7 Å². The second kappa shape index (κ2) is 12.2. The van der Waals surface area contributed by atoms with E-state index in [1.54, 1.807) is 12.1 Å². The van der Waals surface area contributed by atoms with E-state index >= 15 is 0 Å². The number of carbonyl (C=O) groups is 3. The van der Waals surface area contributed by atoms with Crippen LogP contribution in [0.4, 0.5) is 4.79 Å². The summed E-state index contributed by atoms with van der Waals surface area (Å²) in [5.41, 5.74) is 3.33. The van der Waals surface area contributed by atoms with Crippen LogP contribution in [0.15, 0.2) is 78.9 Å². The van der Waals surface area contributed by atoms with Crippen molar-refractivity contribution in [3.05, 3.63) is 101 Å². The largest absolute Gasteiger partial charge is 0.493 e. The highest BCUT2D eigenvalue weighted by Crippen LogP contribution is 2.26. The van der Waals surface area contributed by atoms with Crippen LogP contribution >= 0.6 is 0 Å². The first kappa shape index (κ1) is 25.2. The molecule has 186 valence electrons. The molecular weight excluding hydrogens is 454 g/mol. The Hall–Kier alpha value is -3.93. The Kier molecular flexibility index (Phi) is 8.50. The predicted octanol–water partition coefficient (Wildman–Crippen LogP) is 5.28. The molecule has 1 fully saturated rings. The van der Waals surface area contributed by atoms with E-state index in [1.165, 1.54) is 4.90 Å². The molecule has 0 aliphatic carbocycles. The molecule has 1 aliphatic rings. The van der Waals surface area contributed by atoms with Crippen LogP contribution in [0.2, 0.25) is 0 Å². The van der Waals surface area contributed by atoms with Gasteiger partial charge in [0.1, 0.15) is 12.4 Å². The number of hydrogen-bond donors (Lipinski definition) is 0. The molecule has 1 aliphatic heterocycles.